The number of hydrogen-bond acceptors (Lipinski definition) is 3. The Morgan fingerprint density at radius 3 is 2.89 bits per heavy atom. The van der Waals surface area contributed by atoms with E-state index in [-0.39, 0.29) is 5.91 Å². The summed E-state index contributed by atoms with van der Waals surface area (Å²) < 4.78 is 5.55. The van der Waals surface area contributed by atoms with E-state index >= 15 is 0 Å². The van der Waals surface area contributed by atoms with Gasteiger partial charge < -0.3 is 15.0 Å². The molecule has 0 saturated carbocycles. The van der Waals surface area contributed by atoms with Gasteiger partial charge in [-0.1, -0.05) is 13.0 Å². The maximum absolute atomic E-state index is 12.3. The summed E-state index contributed by atoms with van der Waals surface area (Å²) in [6.07, 6.45) is 0.968. The SMILES string of the molecule is CCCOc1cccc(C(=O)N2CCNCC2)c1. The summed E-state index contributed by atoms with van der Waals surface area (Å²) in [7, 11) is 0. The Balaban J connectivity index is 2.04. The first-order valence-electron chi connectivity index (χ1n) is 6.54. The molecule has 1 aliphatic heterocycles. The van der Waals surface area contributed by atoms with Crippen molar-refractivity contribution < 1.29 is 9.53 Å². The molecule has 0 unspecified atom stereocenters. The molecule has 0 aromatic heterocycles. The summed E-state index contributed by atoms with van der Waals surface area (Å²) >= 11 is 0. The summed E-state index contributed by atoms with van der Waals surface area (Å²) in [6, 6.07) is 7.45. The lowest BCUT2D eigenvalue weighted by atomic mass is 10.1. The summed E-state index contributed by atoms with van der Waals surface area (Å²) in [5.41, 5.74) is 0.713. The topological polar surface area (TPSA) is 41.6 Å². The molecule has 18 heavy (non-hydrogen) atoms. The third-order valence-electron chi connectivity index (χ3n) is 2.96. The van der Waals surface area contributed by atoms with Gasteiger partial charge in [0.1, 0.15) is 5.75 Å². The minimum Gasteiger partial charge on any atom is -0.494 e. The zero-order valence-corrected chi connectivity index (χ0v) is 10.8. The summed E-state index contributed by atoms with van der Waals surface area (Å²) in [4.78, 5) is 14.2. The Morgan fingerprint density at radius 1 is 1.39 bits per heavy atom. The largest absolute Gasteiger partial charge is 0.494 e. The normalized spacial score (nSPS) is 15.5. The van der Waals surface area contributed by atoms with Gasteiger partial charge in [0.2, 0.25) is 0 Å². The van der Waals surface area contributed by atoms with E-state index in [2.05, 4.69) is 12.2 Å². The number of amides is 1. The standard InChI is InChI=1S/C14H20N2O2/c1-2-10-18-13-5-3-4-12(11-13)14(17)16-8-6-15-7-9-16/h3-5,11,15H,2,6-10H2,1H3. The molecule has 1 fully saturated rings. The molecule has 1 aromatic carbocycles. The van der Waals surface area contributed by atoms with Crippen molar-refractivity contribution >= 4 is 5.91 Å². The first-order valence-corrected chi connectivity index (χ1v) is 6.54. The average molecular weight is 248 g/mol. The predicted octanol–water partition coefficient (Wildman–Crippen LogP) is 1.52. The number of rotatable bonds is 4. The third-order valence-corrected chi connectivity index (χ3v) is 2.96. The van der Waals surface area contributed by atoms with Crippen LogP contribution in [0.25, 0.3) is 0 Å². The molecular formula is C14H20N2O2. The van der Waals surface area contributed by atoms with Gasteiger partial charge in [0, 0.05) is 31.7 Å². The van der Waals surface area contributed by atoms with Crippen molar-refractivity contribution in [2.24, 2.45) is 0 Å². The summed E-state index contributed by atoms with van der Waals surface area (Å²) in [5.74, 6) is 0.872. The number of nitrogens with zero attached hydrogens (tertiary/aromatic N) is 1. The lowest BCUT2D eigenvalue weighted by Gasteiger charge is -2.27. The summed E-state index contributed by atoms with van der Waals surface area (Å²) in [6.45, 7) is 6.05. The van der Waals surface area contributed by atoms with E-state index in [4.69, 9.17) is 4.74 Å². The number of carbonyl (C=O) groups excluding carboxylic acids is 1. The van der Waals surface area contributed by atoms with Crippen LogP contribution in [0.5, 0.6) is 5.75 Å². The maximum Gasteiger partial charge on any atom is 0.254 e. The zero-order chi connectivity index (χ0) is 12.8. The Labute approximate surface area is 108 Å². The van der Waals surface area contributed by atoms with E-state index in [0.29, 0.717) is 12.2 Å². The van der Waals surface area contributed by atoms with E-state index in [0.717, 1.165) is 38.3 Å². The maximum atomic E-state index is 12.3. The van der Waals surface area contributed by atoms with E-state index in [1.165, 1.54) is 0 Å². The number of ether oxygens (including phenoxy) is 1. The van der Waals surface area contributed by atoms with Crippen molar-refractivity contribution in [2.75, 3.05) is 32.8 Å². The molecule has 0 spiro atoms. The van der Waals surface area contributed by atoms with Gasteiger partial charge in [-0.15, -0.1) is 0 Å². The smallest absolute Gasteiger partial charge is 0.254 e. The highest BCUT2D eigenvalue weighted by molar-refractivity contribution is 5.94. The second kappa shape index (κ2) is 6.40. The van der Waals surface area contributed by atoms with Gasteiger partial charge in [-0.25, -0.2) is 0 Å². The van der Waals surface area contributed by atoms with E-state index in [1.54, 1.807) is 0 Å². The monoisotopic (exact) mass is 248 g/mol. The fraction of sp³-hybridized carbons (Fsp3) is 0.500. The molecule has 4 heteroatoms. The molecule has 1 N–H and O–H groups in total. The van der Waals surface area contributed by atoms with Gasteiger partial charge >= 0.3 is 0 Å². The second-order valence-corrected chi connectivity index (χ2v) is 4.42. The van der Waals surface area contributed by atoms with Crippen LogP contribution in [-0.4, -0.2) is 43.6 Å². The Kier molecular flexibility index (Phi) is 4.59. The van der Waals surface area contributed by atoms with Crippen LogP contribution < -0.4 is 10.1 Å². The number of benzene rings is 1. The molecule has 1 heterocycles. The number of carbonyl (C=O) groups is 1. The quantitative estimate of drug-likeness (QED) is 0.878. The van der Waals surface area contributed by atoms with Crippen LogP contribution in [-0.2, 0) is 0 Å². The molecule has 1 amide bonds. The minimum atomic E-state index is 0.0958. The Bertz CT molecular complexity index is 401. The second-order valence-electron chi connectivity index (χ2n) is 4.42. The van der Waals surface area contributed by atoms with Crippen LogP contribution in [0, 0.1) is 0 Å². The zero-order valence-electron chi connectivity index (χ0n) is 10.8. The van der Waals surface area contributed by atoms with Crippen molar-refractivity contribution in [1.82, 2.24) is 10.2 Å². The average Bonchev–Trinajstić information content (AvgIpc) is 2.45. The molecule has 98 valence electrons. The minimum absolute atomic E-state index is 0.0958. The van der Waals surface area contributed by atoms with Gasteiger partial charge in [0.15, 0.2) is 0 Å². The van der Waals surface area contributed by atoms with Crippen molar-refractivity contribution in [1.29, 1.82) is 0 Å². The molecule has 1 saturated heterocycles. The van der Waals surface area contributed by atoms with Gasteiger partial charge in [0.25, 0.3) is 5.91 Å². The highest BCUT2D eigenvalue weighted by atomic mass is 16.5. The molecule has 4 nitrogen and oxygen atoms in total. The van der Waals surface area contributed by atoms with Gasteiger partial charge in [-0.05, 0) is 24.6 Å². The lowest BCUT2D eigenvalue weighted by molar-refractivity contribution is 0.0735. The molecule has 0 atom stereocenters. The highest BCUT2D eigenvalue weighted by Crippen LogP contribution is 2.15. The third kappa shape index (κ3) is 3.23. The van der Waals surface area contributed by atoms with Gasteiger partial charge in [-0.3, -0.25) is 4.79 Å². The number of nitrogens with one attached hydrogen (secondary N) is 1. The van der Waals surface area contributed by atoms with Crippen molar-refractivity contribution in [2.45, 2.75) is 13.3 Å². The molecule has 0 bridgehead atoms. The van der Waals surface area contributed by atoms with Crippen LogP contribution in [0.3, 0.4) is 0 Å². The van der Waals surface area contributed by atoms with Crippen LogP contribution in [0.15, 0.2) is 24.3 Å². The van der Waals surface area contributed by atoms with Crippen LogP contribution >= 0.6 is 0 Å². The van der Waals surface area contributed by atoms with E-state index < -0.39 is 0 Å². The van der Waals surface area contributed by atoms with Crippen molar-refractivity contribution in [3.8, 4) is 5.75 Å². The number of hydrogen-bond donors (Lipinski definition) is 1. The molecule has 2 rings (SSSR count). The summed E-state index contributed by atoms with van der Waals surface area (Å²) in [5, 5.41) is 3.24. The number of piperazine rings is 1. The molecular weight excluding hydrogens is 228 g/mol. The molecule has 0 aliphatic carbocycles. The Morgan fingerprint density at radius 2 is 2.17 bits per heavy atom. The first kappa shape index (κ1) is 12.9. The molecule has 0 radical (unpaired) electrons. The van der Waals surface area contributed by atoms with E-state index in [9.17, 15) is 4.79 Å². The van der Waals surface area contributed by atoms with Gasteiger partial charge in [-0.2, -0.15) is 0 Å². The van der Waals surface area contributed by atoms with Crippen molar-refractivity contribution in [3.05, 3.63) is 29.8 Å². The van der Waals surface area contributed by atoms with Crippen molar-refractivity contribution in [3.63, 3.8) is 0 Å². The fourth-order valence-electron chi connectivity index (χ4n) is 1.99. The van der Waals surface area contributed by atoms with Gasteiger partial charge in [0.05, 0.1) is 6.61 Å². The van der Waals surface area contributed by atoms with Crippen LogP contribution in [0.1, 0.15) is 23.7 Å². The molecule has 1 aliphatic rings. The predicted molar refractivity (Wildman–Crippen MR) is 71.0 cm³/mol. The van der Waals surface area contributed by atoms with E-state index in [1.807, 2.05) is 29.2 Å². The van der Waals surface area contributed by atoms with Crippen LogP contribution in [0.4, 0.5) is 0 Å². The highest BCUT2D eigenvalue weighted by Gasteiger charge is 2.17. The van der Waals surface area contributed by atoms with Crippen LogP contribution in [0.2, 0.25) is 0 Å². The molecule has 1 aromatic rings. The first-order chi connectivity index (χ1) is 8.81. The lowest BCUT2D eigenvalue weighted by Crippen LogP contribution is -2.46. The fourth-order valence-corrected chi connectivity index (χ4v) is 1.99. The Hall–Kier alpha value is -1.55.